The van der Waals surface area contributed by atoms with Crippen molar-refractivity contribution in [1.82, 2.24) is 4.90 Å². The molecule has 2 heterocycles. The molecule has 2 saturated heterocycles. The SMILES string of the molecule is CCOC(=O)[C@H]1CCCCN1C(=O)C[NH+]1CCN(c2ccc(O)cc2)CC1. The van der Waals surface area contributed by atoms with E-state index in [2.05, 4.69) is 4.90 Å². The molecule has 148 valence electrons. The van der Waals surface area contributed by atoms with Gasteiger partial charge in [-0.15, -0.1) is 0 Å². The van der Waals surface area contributed by atoms with Crippen molar-refractivity contribution >= 4 is 17.6 Å². The average molecular weight is 376 g/mol. The number of phenolic OH excluding ortho intramolecular Hbond substituents is 1. The Labute approximate surface area is 160 Å². The Kier molecular flexibility index (Phi) is 6.55. The molecule has 0 radical (unpaired) electrons. The van der Waals surface area contributed by atoms with Gasteiger partial charge in [0.25, 0.3) is 5.91 Å². The highest BCUT2D eigenvalue weighted by Crippen LogP contribution is 2.19. The first kappa shape index (κ1) is 19.5. The zero-order valence-electron chi connectivity index (χ0n) is 16.0. The number of carbonyl (C=O) groups excluding carboxylic acids is 2. The van der Waals surface area contributed by atoms with Crippen LogP contribution in [0.2, 0.25) is 0 Å². The van der Waals surface area contributed by atoms with Crippen LogP contribution < -0.4 is 9.80 Å². The van der Waals surface area contributed by atoms with E-state index in [-0.39, 0.29) is 17.6 Å². The molecule has 1 amide bonds. The number of anilines is 1. The number of aromatic hydroxyl groups is 1. The lowest BCUT2D eigenvalue weighted by Crippen LogP contribution is -3.16. The first-order valence-electron chi connectivity index (χ1n) is 9.92. The molecular formula is C20H30N3O4+. The lowest BCUT2D eigenvalue weighted by molar-refractivity contribution is -0.892. The predicted octanol–water partition coefficient (Wildman–Crippen LogP) is 0.0413. The number of carbonyl (C=O) groups is 2. The highest BCUT2D eigenvalue weighted by atomic mass is 16.5. The van der Waals surface area contributed by atoms with Crippen LogP contribution in [-0.4, -0.2) is 73.8 Å². The van der Waals surface area contributed by atoms with E-state index >= 15 is 0 Å². The first-order chi connectivity index (χ1) is 13.1. The van der Waals surface area contributed by atoms with E-state index in [0.29, 0.717) is 26.1 Å². The first-order valence-corrected chi connectivity index (χ1v) is 9.92. The highest BCUT2D eigenvalue weighted by molar-refractivity contribution is 5.85. The standard InChI is InChI=1S/C20H29N3O4/c1-2-27-20(26)18-5-3-4-10-23(18)19(25)15-21-11-13-22(14-12-21)16-6-8-17(24)9-7-16/h6-9,18,24H,2-5,10-15H2,1H3/p+1/t18-/m1/s1. The van der Waals surface area contributed by atoms with E-state index in [1.807, 2.05) is 12.1 Å². The summed E-state index contributed by atoms with van der Waals surface area (Å²) in [5, 5.41) is 9.42. The number of phenols is 1. The van der Waals surface area contributed by atoms with Crippen LogP contribution in [0, 0.1) is 0 Å². The van der Waals surface area contributed by atoms with Crippen LogP contribution in [0.5, 0.6) is 5.75 Å². The second-order valence-corrected chi connectivity index (χ2v) is 7.28. The number of piperazine rings is 1. The summed E-state index contributed by atoms with van der Waals surface area (Å²) in [5.41, 5.74) is 1.09. The fraction of sp³-hybridized carbons (Fsp3) is 0.600. The summed E-state index contributed by atoms with van der Waals surface area (Å²) in [6.45, 7) is 6.72. The largest absolute Gasteiger partial charge is 0.508 e. The van der Waals surface area contributed by atoms with Gasteiger partial charge in [-0.05, 0) is 50.5 Å². The van der Waals surface area contributed by atoms with Crippen LogP contribution in [-0.2, 0) is 14.3 Å². The summed E-state index contributed by atoms with van der Waals surface area (Å²) in [6, 6.07) is 6.82. The summed E-state index contributed by atoms with van der Waals surface area (Å²) in [5.74, 6) is 0.0600. The fourth-order valence-corrected chi connectivity index (χ4v) is 3.95. The number of rotatable bonds is 5. The summed E-state index contributed by atoms with van der Waals surface area (Å²) in [4.78, 5) is 30.3. The summed E-state index contributed by atoms with van der Waals surface area (Å²) >= 11 is 0. The van der Waals surface area contributed by atoms with Crippen molar-refractivity contribution < 1.29 is 24.3 Å². The number of nitrogens with one attached hydrogen (secondary N) is 1. The van der Waals surface area contributed by atoms with Gasteiger partial charge in [-0.3, -0.25) is 4.79 Å². The molecule has 0 aromatic heterocycles. The van der Waals surface area contributed by atoms with Crippen molar-refractivity contribution in [1.29, 1.82) is 0 Å². The molecule has 1 aromatic rings. The molecule has 0 spiro atoms. The van der Waals surface area contributed by atoms with Gasteiger partial charge in [-0.1, -0.05) is 0 Å². The van der Waals surface area contributed by atoms with Gasteiger partial charge in [0, 0.05) is 12.2 Å². The predicted molar refractivity (Wildman–Crippen MR) is 102 cm³/mol. The molecule has 2 aliphatic heterocycles. The third kappa shape index (κ3) is 4.91. The molecular weight excluding hydrogens is 346 g/mol. The molecule has 0 unspecified atom stereocenters. The van der Waals surface area contributed by atoms with Gasteiger partial charge in [0.1, 0.15) is 11.8 Å². The van der Waals surface area contributed by atoms with Crippen molar-refractivity contribution in [3.63, 3.8) is 0 Å². The molecule has 1 atom stereocenters. The Morgan fingerprint density at radius 2 is 1.85 bits per heavy atom. The van der Waals surface area contributed by atoms with Gasteiger partial charge in [-0.2, -0.15) is 0 Å². The maximum Gasteiger partial charge on any atom is 0.328 e. The Balaban J connectivity index is 1.52. The molecule has 2 fully saturated rings. The van der Waals surface area contributed by atoms with Gasteiger partial charge < -0.3 is 24.5 Å². The Morgan fingerprint density at radius 1 is 1.15 bits per heavy atom. The second-order valence-electron chi connectivity index (χ2n) is 7.28. The normalized spacial score (nSPS) is 21.1. The minimum atomic E-state index is -0.413. The number of benzene rings is 1. The van der Waals surface area contributed by atoms with E-state index in [4.69, 9.17) is 4.74 Å². The van der Waals surface area contributed by atoms with Crippen molar-refractivity contribution in [2.45, 2.75) is 32.2 Å². The third-order valence-electron chi connectivity index (χ3n) is 5.47. The average Bonchev–Trinajstić information content (AvgIpc) is 2.69. The van der Waals surface area contributed by atoms with Gasteiger partial charge in [-0.25, -0.2) is 4.79 Å². The Hall–Kier alpha value is -2.28. The van der Waals surface area contributed by atoms with E-state index in [1.165, 1.54) is 4.90 Å². The van der Waals surface area contributed by atoms with Crippen LogP contribution >= 0.6 is 0 Å². The summed E-state index contributed by atoms with van der Waals surface area (Å²) in [6.07, 6.45) is 2.62. The molecule has 1 aromatic carbocycles. The quantitative estimate of drug-likeness (QED) is 0.710. The van der Waals surface area contributed by atoms with E-state index < -0.39 is 6.04 Å². The number of likely N-dealkylation sites (tertiary alicyclic amines) is 1. The Bertz CT molecular complexity index is 641. The number of ether oxygens (including phenoxy) is 1. The van der Waals surface area contributed by atoms with Crippen LogP contribution in [0.4, 0.5) is 5.69 Å². The lowest BCUT2D eigenvalue weighted by atomic mass is 10.0. The molecule has 27 heavy (non-hydrogen) atoms. The topological polar surface area (TPSA) is 74.5 Å². The van der Waals surface area contributed by atoms with Crippen molar-refractivity contribution in [2.24, 2.45) is 0 Å². The molecule has 0 bridgehead atoms. The maximum absolute atomic E-state index is 12.8. The number of hydrogen-bond donors (Lipinski definition) is 2. The molecule has 2 aliphatic rings. The van der Waals surface area contributed by atoms with Crippen molar-refractivity contribution in [3.8, 4) is 5.75 Å². The monoisotopic (exact) mass is 376 g/mol. The number of amides is 1. The molecule has 7 nitrogen and oxygen atoms in total. The fourth-order valence-electron chi connectivity index (χ4n) is 3.95. The molecule has 2 N–H and O–H groups in total. The number of nitrogens with zero attached hydrogens (tertiary/aromatic N) is 2. The van der Waals surface area contributed by atoms with Gasteiger partial charge >= 0.3 is 5.97 Å². The van der Waals surface area contributed by atoms with Gasteiger partial charge in [0.2, 0.25) is 0 Å². The molecule has 3 rings (SSSR count). The van der Waals surface area contributed by atoms with Crippen LogP contribution in [0.3, 0.4) is 0 Å². The lowest BCUT2D eigenvalue weighted by Gasteiger charge is -2.37. The summed E-state index contributed by atoms with van der Waals surface area (Å²) < 4.78 is 5.16. The highest BCUT2D eigenvalue weighted by Gasteiger charge is 2.35. The van der Waals surface area contributed by atoms with E-state index in [0.717, 1.165) is 44.7 Å². The second kappa shape index (κ2) is 9.08. The molecule has 0 aliphatic carbocycles. The van der Waals surface area contributed by atoms with Crippen molar-refractivity contribution in [3.05, 3.63) is 24.3 Å². The van der Waals surface area contributed by atoms with E-state index in [1.54, 1.807) is 24.0 Å². The zero-order valence-corrected chi connectivity index (χ0v) is 16.0. The maximum atomic E-state index is 12.8. The summed E-state index contributed by atoms with van der Waals surface area (Å²) in [7, 11) is 0. The van der Waals surface area contributed by atoms with Gasteiger partial charge in [0.15, 0.2) is 6.54 Å². The minimum Gasteiger partial charge on any atom is -0.508 e. The number of quaternary nitrogens is 1. The third-order valence-corrected chi connectivity index (χ3v) is 5.47. The number of hydrogen-bond acceptors (Lipinski definition) is 5. The van der Waals surface area contributed by atoms with Crippen LogP contribution in [0.1, 0.15) is 26.2 Å². The number of esters is 1. The molecule has 0 saturated carbocycles. The van der Waals surface area contributed by atoms with Crippen LogP contribution in [0.25, 0.3) is 0 Å². The zero-order chi connectivity index (χ0) is 19.2. The number of piperidine rings is 1. The minimum absolute atomic E-state index is 0.0563. The Morgan fingerprint density at radius 3 is 2.52 bits per heavy atom. The van der Waals surface area contributed by atoms with Crippen molar-refractivity contribution in [2.75, 3.05) is 50.8 Å². The van der Waals surface area contributed by atoms with E-state index in [9.17, 15) is 14.7 Å². The van der Waals surface area contributed by atoms with Crippen LogP contribution in [0.15, 0.2) is 24.3 Å². The van der Waals surface area contributed by atoms with Gasteiger partial charge in [0.05, 0.1) is 32.8 Å². The molecule has 7 heteroatoms. The smallest absolute Gasteiger partial charge is 0.328 e.